The summed E-state index contributed by atoms with van der Waals surface area (Å²) in [5.41, 5.74) is 1.57. The van der Waals surface area contributed by atoms with E-state index in [1.54, 1.807) is 0 Å². The van der Waals surface area contributed by atoms with Crippen LogP contribution in [0.25, 0.3) is 5.57 Å². The van der Waals surface area contributed by atoms with Gasteiger partial charge in [0.1, 0.15) is 5.54 Å². The first-order valence-electron chi connectivity index (χ1n) is 7.94. The first-order valence-corrected chi connectivity index (χ1v) is 9.42. The standard InChI is InChI=1S/C17H19FN2O4S/c18-17(11-7-14(8-12-17)13-5-2-1-3-6-13)25(23,24)20-16(9-4-10-16)15(21)19-22/h1-3,5-8,11,20,22H,4,9-10,12H2,(H,19,21). The van der Waals surface area contributed by atoms with Crippen molar-refractivity contribution >= 4 is 21.5 Å². The SMILES string of the molecule is O=C(NO)C1(NS(=O)(=O)C2(F)C=CC(c3ccccc3)=CC2)CCC1. The first-order chi connectivity index (χ1) is 11.8. The minimum Gasteiger partial charge on any atom is -0.289 e. The molecule has 0 saturated heterocycles. The predicted molar refractivity (Wildman–Crippen MR) is 90.6 cm³/mol. The van der Waals surface area contributed by atoms with Gasteiger partial charge in [0, 0.05) is 6.42 Å². The Morgan fingerprint density at radius 1 is 1.20 bits per heavy atom. The maximum Gasteiger partial charge on any atom is 0.264 e. The quantitative estimate of drug-likeness (QED) is 0.549. The minimum absolute atomic E-state index is 0.212. The van der Waals surface area contributed by atoms with E-state index in [4.69, 9.17) is 5.21 Å². The molecule has 1 saturated carbocycles. The molecule has 134 valence electrons. The lowest BCUT2D eigenvalue weighted by Crippen LogP contribution is -2.64. The van der Waals surface area contributed by atoms with E-state index >= 15 is 4.39 Å². The summed E-state index contributed by atoms with van der Waals surface area (Å²) in [5, 5.41) is 6.17. The fourth-order valence-corrected chi connectivity index (χ4v) is 4.53. The van der Waals surface area contributed by atoms with Gasteiger partial charge in [0.05, 0.1) is 0 Å². The topological polar surface area (TPSA) is 95.5 Å². The molecule has 0 bridgehead atoms. The molecule has 1 aromatic carbocycles. The van der Waals surface area contributed by atoms with Crippen LogP contribution in [0, 0.1) is 0 Å². The summed E-state index contributed by atoms with van der Waals surface area (Å²) in [6.45, 7) is 0. The van der Waals surface area contributed by atoms with Crippen LogP contribution in [0.3, 0.4) is 0 Å². The Hall–Kier alpha value is -2.03. The number of hydrogen-bond donors (Lipinski definition) is 3. The number of rotatable bonds is 5. The van der Waals surface area contributed by atoms with Crippen molar-refractivity contribution in [3.8, 4) is 0 Å². The Bertz CT molecular complexity index is 831. The highest BCUT2D eigenvalue weighted by Crippen LogP contribution is 2.38. The van der Waals surface area contributed by atoms with Crippen LogP contribution in [0.5, 0.6) is 0 Å². The van der Waals surface area contributed by atoms with E-state index in [1.807, 2.05) is 30.3 Å². The van der Waals surface area contributed by atoms with Gasteiger partial charge in [0.2, 0.25) is 5.00 Å². The zero-order valence-electron chi connectivity index (χ0n) is 13.4. The first kappa shape index (κ1) is 17.8. The van der Waals surface area contributed by atoms with Crippen molar-refractivity contribution in [3.05, 3.63) is 54.1 Å². The highest BCUT2D eigenvalue weighted by molar-refractivity contribution is 7.91. The molecule has 0 heterocycles. The van der Waals surface area contributed by atoms with Crippen molar-refractivity contribution in [2.45, 2.75) is 36.2 Å². The molecule has 1 aromatic rings. The average molecular weight is 366 g/mol. The normalized spacial score (nSPS) is 25.0. The van der Waals surface area contributed by atoms with Gasteiger partial charge in [-0.15, -0.1) is 0 Å². The van der Waals surface area contributed by atoms with E-state index in [-0.39, 0.29) is 19.3 Å². The van der Waals surface area contributed by atoms with Crippen molar-refractivity contribution in [3.63, 3.8) is 0 Å². The number of amides is 1. The highest BCUT2D eigenvalue weighted by atomic mass is 32.2. The van der Waals surface area contributed by atoms with Crippen molar-refractivity contribution in [1.29, 1.82) is 0 Å². The molecule has 1 unspecified atom stereocenters. The fourth-order valence-electron chi connectivity index (χ4n) is 3.00. The van der Waals surface area contributed by atoms with Gasteiger partial charge in [0.15, 0.2) is 0 Å². The van der Waals surface area contributed by atoms with E-state index < -0.39 is 26.5 Å². The van der Waals surface area contributed by atoms with Gasteiger partial charge in [0.25, 0.3) is 15.9 Å². The molecule has 2 aliphatic carbocycles. The lowest BCUT2D eigenvalue weighted by molar-refractivity contribution is -0.138. The Morgan fingerprint density at radius 2 is 1.88 bits per heavy atom. The second-order valence-corrected chi connectivity index (χ2v) is 8.22. The number of carbonyl (C=O) groups is 1. The molecule has 0 spiro atoms. The average Bonchev–Trinajstić information content (AvgIpc) is 2.59. The second kappa shape index (κ2) is 6.36. The van der Waals surface area contributed by atoms with Crippen molar-refractivity contribution in [2.75, 3.05) is 0 Å². The molecule has 0 radical (unpaired) electrons. The summed E-state index contributed by atoms with van der Waals surface area (Å²) in [6.07, 6.45) is 4.63. The number of hydroxylamine groups is 1. The van der Waals surface area contributed by atoms with E-state index in [9.17, 15) is 13.2 Å². The number of sulfonamides is 1. The molecule has 1 amide bonds. The van der Waals surface area contributed by atoms with Gasteiger partial charge < -0.3 is 0 Å². The summed E-state index contributed by atoms with van der Waals surface area (Å²) in [7, 11) is -4.48. The largest absolute Gasteiger partial charge is 0.289 e. The highest BCUT2D eigenvalue weighted by Gasteiger charge is 2.52. The molecule has 2 aliphatic rings. The Morgan fingerprint density at radius 3 is 2.36 bits per heavy atom. The van der Waals surface area contributed by atoms with Crippen molar-refractivity contribution < 1.29 is 22.8 Å². The number of allylic oxidation sites excluding steroid dienone is 3. The zero-order valence-corrected chi connectivity index (χ0v) is 14.2. The maximum absolute atomic E-state index is 15.1. The van der Waals surface area contributed by atoms with Crippen LogP contribution in [0.15, 0.2) is 48.6 Å². The van der Waals surface area contributed by atoms with Gasteiger partial charge in [-0.05, 0) is 36.5 Å². The number of alkyl halides is 1. The lowest BCUT2D eigenvalue weighted by atomic mass is 9.77. The molecule has 8 heteroatoms. The van der Waals surface area contributed by atoms with Crippen LogP contribution >= 0.6 is 0 Å². The maximum atomic E-state index is 15.1. The number of hydrogen-bond acceptors (Lipinski definition) is 4. The monoisotopic (exact) mass is 366 g/mol. The van der Waals surface area contributed by atoms with Gasteiger partial charge in [-0.3, -0.25) is 10.0 Å². The predicted octanol–water partition coefficient (Wildman–Crippen LogP) is 2.04. The van der Waals surface area contributed by atoms with Crippen LogP contribution < -0.4 is 10.2 Å². The van der Waals surface area contributed by atoms with Gasteiger partial charge >= 0.3 is 0 Å². The third-order valence-electron chi connectivity index (χ3n) is 4.74. The van der Waals surface area contributed by atoms with Gasteiger partial charge in [-0.25, -0.2) is 18.3 Å². The van der Waals surface area contributed by atoms with Crippen LogP contribution in [0.1, 0.15) is 31.2 Å². The smallest absolute Gasteiger partial charge is 0.264 e. The van der Waals surface area contributed by atoms with Crippen LogP contribution in [0.4, 0.5) is 4.39 Å². The Kier molecular flexibility index (Phi) is 4.52. The molecule has 1 fully saturated rings. The molecular formula is C17H19FN2O4S. The van der Waals surface area contributed by atoms with Crippen LogP contribution in [0.2, 0.25) is 0 Å². The van der Waals surface area contributed by atoms with E-state index in [2.05, 4.69) is 4.72 Å². The molecule has 0 aliphatic heterocycles. The summed E-state index contributed by atoms with van der Waals surface area (Å²) in [5.74, 6) is -0.869. The number of carbonyl (C=O) groups excluding carboxylic acids is 1. The summed E-state index contributed by atoms with van der Waals surface area (Å²) in [4.78, 5) is 11.8. The molecule has 0 aromatic heterocycles. The van der Waals surface area contributed by atoms with Crippen LogP contribution in [-0.4, -0.2) is 30.1 Å². The second-order valence-electron chi connectivity index (χ2n) is 6.33. The molecule has 1 atom stereocenters. The molecule has 25 heavy (non-hydrogen) atoms. The molecular weight excluding hydrogens is 347 g/mol. The number of benzene rings is 1. The Balaban J connectivity index is 1.81. The van der Waals surface area contributed by atoms with E-state index in [0.29, 0.717) is 6.42 Å². The Labute approximate surface area is 145 Å². The fraction of sp³-hybridized carbons (Fsp3) is 0.353. The molecule has 3 rings (SSSR count). The third-order valence-corrected chi connectivity index (χ3v) is 6.59. The number of halogens is 1. The third kappa shape index (κ3) is 3.12. The summed E-state index contributed by atoms with van der Waals surface area (Å²) < 4.78 is 42.4. The van der Waals surface area contributed by atoms with Crippen molar-refractivity contribution in [1.82, 2.24) is 10.2 Å². The zero-order chi connectivity index (χ0) is 18.1. The summed E-state index contributed by atoms with van der Waals surface area (Å²) >= 11 is 0. The van der Waals surface area contributed by atoms with E-state index in [0.717, 1.165) is 17.2 Å². The minimum atomic E-state index is -4.48. The molecule has 6 nitrogen and oxygen atoms in total. The summed E-state index contributed by atoms with van der Waals surface area (Å²) in [6, 6.07) is 9.24. The van der Waals surface area contributed by atoms with Gasteiger partial charge in [-0.2, -0.15) is 4.72 Å². The van der Waals surface area contributed by atoms with Gasteiger partial charge in [-0.1, -0.05) is 42.5 Å². The van der Waals surface area contributed by atoms with Crippen LogP contribution in [-0.2, 0) is 14.8 Å². The molecule has 3 N–H and O–H groups in total. The lowest BCUT2D eigenvalue weighted by Gasteiger charge is -2.41. The number of nitrogens with one attached hydrogen (secondary N) is 2. The van der Waals surface area contributed by atoms with Crippen molar-refractivity contribution in [2.24, 2.45) is 0 Å². The van der Waals surface area contributed by atoms with E-state index in [1.165, 1.54) is 17.6 Å².